The standard InChI is InChI=1S/C18H16N2O2S/c1-14(16-12-11-15-7-5-6-8-17(15)13-16)19-20-23(21,22)18-9-3-2-4-10-18/h2-13,20H,1H3/b19-14+. The summed E-state index contributed by atoms with van der Waals surface area (Å²) >= 11 is 0. The highest BCUT2D eigenvalue weighted by Crippen LogP contribution is 2.16. The normalized spacial score (nSPS) is 12.3. The van der Waals surface area contributed by atoms with E-state index < -0.39 is 10.0 Å². The topological polar surface area (TPSA) is 58.5 Å². The molecule has 1 N–H and O–H groups in total. The Morgan fingerprint density at radius 3 is 2.26 bits per heavy atom. The van der Waals surface area contributed by atoms with E-state index in [1.54, 1.807) is 25.1 Å². The quantitative estimate of drug-likeness (QED) is 0.589. The lowest BCUT2D eigenvalue weighted by Gasteiger charge is -2.06. The first-order valence-corrected chi connectivity index (χ1v) is 8.65. The van der Waals surface area contributed by atoms with Gasteiger partial charge < -0.3 is 0 Å². The van der Waals surface area contributed by atoms with Crippen molar-refractivity contribution in [3.05, 3.63) is 78.4 Å². The van der Waals surface area contributed by atoms with Crippen LogP contribution in [0.5, 0.6) is 0 Å². The van der Waals surface area contributed by atoms with Crippen molar-refractivity contribution in [1.29, 1.82) is 0 Å². The number of sulfonamides is 1. The minimum Gasteiger partial charge on any atom is -0.200 e. The summed E-state index contributed by atoms with van der Waals surface area (Å²) in [7, 11) is -3.64. The van der Waals surface area contributed by atoms with Gasteiger partial charge >= 0.3 is 0 Å². The van der Waals surface area contributed by atoms with E-state index in [0.29, 0.717) is 5.71 Å². The molecule has 0 fully saturated rings. The molecule has 0 aliphatic heterocycles. The Morgan fingerprint density at radius 1 is 0.870 bits per heavy atom. The van der Waals surface area contributed by atoms with Gasteiger partial charge in [-0.25, -0.2) is 0 Å². The third-order valence-electron chi connectivity index (χ3n) is 3.55. The van der Waals surface area contributed by atoms with Crippen molar-refractivity contribution in [3.8, 4) is 0 Å². The summed E-state index contributed by atoms with van der Waals surface area (Å²) in [6.07, 6.45) is 0. The third kappa shape index (κ3) is 3.40. The van der Waals surface area contributed by atoms with E-state index in [4.69, 9.17) is 0 Å². The van der Waals surface area contributed by atoms with Crippen molar-refractivity contribution < 1.29 is 8.42 Å². The second kappa shape index (κ2) is 6.22. The van der Waals surface area contributed by atoms with Crippen molar-refractivity contribution in [2.45, 2.75) is 11.8 Å². The van der Waals surface area contributed by atoms with E-state index in [1.807, 2.05) is 42.5 Å². The first-order valence-electron chi connectivity index (χ1n) is 7.16. The minimum absolute atomic E-state index is 0.190. The first kappa shape index (κ1) is 15.2. The highest BCUT2D eigenvalue weighted by molar-refractivity contribution is 7.89. The van der Waals surface area contributed by atoms with Gasteiger partial charge in [-0.2, -0.15) is 18.4 Å². The highest BCUT2D eigenvalue weighted by Gasteiger charge is 2.12. The SMILES string of the molecule is C/C(=N\NS(=O)(=O)c1ccccc1)c1ccc2ccccc2c1. The molecule has 0 unspecified atom stereocenters. The molecule has 3 aromatic rings. The third-order valence-corrected chi connectivity index (χ3v) is 4.78. The first-order chi connectivity index (χ1) is 11.1. The largest absolute Gasteiger partial charge is 0.276 e. The fourth-order valence-corrected chi connectivity index (χ4v) is 3.14. The Kier molecular flexibility index (Phi) is 4.12. The van der Waals surface area contributed by atoms with Crippen molar-refractivity contribution in [3.63, 3.8) is 0 Å². The van der Waals surface area contributed by atoms with Crippen molar-refractivity contribution in [1.82, 2.24) is 4.83 Å². The van der Waals surface area contributed by atoms with Crippen LogP contribution in [0.15, 0.2) is 82.8 Å². The van der Waals surface area contributed by atoms with E-state index in [0.717, 1.165) is 16.3 Å². The van der Waals surface area contributed by atoms with Crippen LogP contribution in [0.4, 0.5) is 0 Å². The summed E-state index contributed by atoms with van der Waals surface area (Å²) in [6.45, 7) is 1.78. The summed E-state index contributed by atoms with van der Waals surface area (Å²) in [6, 6.07) is 22.1. The molecule has 0 amide bonds. The summed E-state index contributed by atoms with van der Waals surface area (Å²) in [4.78, 5) is 2.47. The minimum atomic E-state index is -3.64. The van der Waals surface area contributed by atoms with Crippen molar-refractivity contribution >= 4 is 26.5 Å². The number of hydrazone groups is 1. The van der Waals surface area contributed by atoms with E-state index in [9.17, 15) is 8.42 Å². The second-order valence-corrected chi connectivity index (χ2v) is 6.83. The Balaban J connectivity index is 1.87. The molecule has 0 atom stereocenters. The Hall–Kier alpha value is -2.66. The van der Waals surface area contributed by atoms with E-state index >= 15 is 0 Å². The number of nitrogens with zero attached hydrogens (tertiary/aromatic N) is 1. The van der Waals surface area contributed by atoms with Crippen LogP contribution in [0.25, 0.3) is 10.8 Å². The van der Waals surface area contributed by atoms with Gasteiger partial charge in [0.05, 0.1) is 10.6 Å². The predicted molar refractivity (Wildman–Crippen MR) is 92.9 cm³/mol. The van der Waals surface area contributed by atoms with Gasteiger partial charge in [-0.3, -0.25) is 0 Å². The molecule has 0 aliphatic carbocycles. The monoisotopic (exact) mass is 324 g/mol. The number of fused-ring (bicyclic) bond motifs is 1. The molecular weight excluding hydrogens is 308 g/mol. The van der Waals surface area contributed by atoms with Crippen LogP contribution in [0.1, 0.15) is 12.5 Å². The van der Waals surface area contributed by atoms with Gasteiger partial charge in [-0.05, 0) is 41.5 Å². The summed E-state index contributed by atoms with van der Waals surface area (Å²) in [5, 5.41) is 6.25. The van der Waals surface area contributed by atoms with Crippen LogP contribution in [-0.4, -0.2) is 14.1 Å². The lowest BCUT2D eigenvalue weighted by molar-refractivity contribution is 0.584. The fourth-order valence-electron chi connectivity index (χ4n) is 2.26. The van der Waals surface area contributed by atoms with Gasteiger partial charge in [0, 0.05) is 0 Å². The lowest BCUT2D eigenvalue weighted by Crippen LogP contribution is -2.19. The van der Waals surface area contributed by atoms with Crippen molar-refractivity contribution in [2.75, 3.05) is 0 Å². The van der Waals surface area contributed by atoms with Crippen molar-refractivity contribution in [2.24, 2.45) is 5.10 Å². The Labute approximate surface area is 135 Å². The highest BCUT2D eigenvalue weighted by atomic mass is 32.2. The van der Waals surface area contributed by atoms with Crippen LogP contribution in [0, 0.1) is 0 Å². The van der Waals surface area contributed by atoms with Gasteiger partial charge in [0.1, 0.15) is 0 Å². The molecule has 0 aromatic heterocycles. The maximum atomic E-state index is 12.2. The molecule has 0 aliphatic rings. The van der Waals surface area contributed by atoms with Crippen LogP contribution >= 0.6 is 0 Å². The number of rotatable bonds is 4. The average molecular weight is 324 g/mol. The van der Waals surface area contributed by atoms with Crippen LogP contribution in [-0.2, 0) is 10.0 Å². The van der Waals surface area contributed by atoms with Gasteiger partial charge in [0.15, 0.2) is 0 Å². The zero-order valence-electron chi connectivity index (χ0n) is 12.6. The fraction of sp³-hybridized carbons (Fsp3) is 0.0556. The van der Waals surface area contributed by atoms with Crippen LogP contribution in [0.3, 0.4) is 0 Å². The number of benzene rings is 3. The van der Waals surface area contributed by atoms with E-state index in [2.05, 4.69) is 9.93 Å². The number of hydrogen-bond donors (Lipinski definition) is 1. The number of nitrogens with one attached hydrogen (secondary N) is 1. The number of hydrogen-bond acceptors (Lipinski definition) is 3. The lowest BCUT2D eigenvalue weighted by atomic mass is 10.0. The maximum Gasteiger partial charge on any atom is 0.276 e. The predicted octanol–water partition coefficient (Wildman–Crippen LogP) is 3.54. The van der Waals surface area contributed by atoms with Gasteiger partial charge in [0.2, 0.25) is 0 Å². The molecule has 0 bridgehead atoms. The molecule has 3 aromatic carbocycles. The second-order valence-electron chi connectivity index (χ2n) is 5.17. The molecule has 0 heterocycles. The molecule has 116 valence electrons. The summed E-state index contributed by atoms with van der Waals surface area (Å²) in [5.41, 5.74) is 1.48. The van der Waals surface area contributed by atoms with Gasteiger partial charge in [-0.15, -0.1) is 0 Å². The molecule has 23 heavy (non-hydrogen) atoms. The van der Waals surface area contributed by atoms with Gasteiger partial charge in [0.25, 0.3) is 10.0 Å². The van der Waals surface area contributed by atoms with Gasteiger partial charge in [-0.1, -0.05) is 54.6 Å². The van der Waals surface area contributed by atoms with Crippen LogP contribution < -0.4 is 4.83 Å². The van der Waals surface area contributed by atoms with E-state index in [1.165, 1.54) is 12.1 Å². The molecule has 4 nitrogen and oxygen atoms in total. The summed E-state index contributed by atoms with van der Waals surface area (Å²) < 4.78 is 24.3. The molecule has 0 spiro atoms. The Bertz CT molecular complexity index is 964. The average Bonchev–Trinajstić information content (AvgIpc) is 2.60. The molecule has 3 rings (SSSR count). The van der Waals surface area contributed by atoms with E-state index in [-0.39, 0.29) is 4.90 Å². The zero-order valence-corrected chi connectivity index (χ0v) is 13.4. The zero-order chi connectivity index (χ0) is 16.3. The molecule has 5 heteroatoms. The maximum absolute atomic E-state index is 12.2. The molecular formula is C18H16N2O2S. The molecule has 0 saturated carbocycles. The summed E-state index contributed by atoms with van der Waals surface area (Å²) in [5.74, 6) is 0. The molecule has 0 radical (unpaired) electrons. The Morgan fingerprint density at radius 2 is 1.52 bits per heavy atom. The molecule has 0 saturated heterocycles. The van der Waals surface area contributed by atoms with Crippen LogP contribution in [0.2, 0.25) is 0 Å². The smallest absolute Gasteiger partial charge is 0.200 e.